The van der Waals surface area contributed by atoms with Gasteiger partial charge in [0.05, 0.1) is 12.3 Å². The van der Waals surface area contributed by atoms with Crippen molar-refractivity contribution in [1.29, 1.82) is 0 Å². The van der Waals surface area contributed by atoms with E-state index in [0.29, 0.717) is 6.61 Å². The van der Waals surface area contributed by atoms with Crippen molar-refractivity contribution in [3.05, 3.63) is 40.7 Å². The predicted molar refractivity (Wildman–Crippen MR) is 63.0 cm³/mol. The Morgan fingerprint density at radius 1 is 1.44 bits per heavy atom. The van der Waals surface area contributed by atoms with Gasteiger partial charge < -0.3 is 4.74 Å². The summed E-state index contributed by atoms with van der Waals surface area (Å²) in [5.41, 5.74) is 2.79. The Morgan fingerprint density at radius 2 is 2.25 bits per heavy atom. The Kier molecular flexibility index (Phi) is 3.31. The molecule has 0 saturated heterocycles. The average molecular weight is 237 g/mol. The number of benzene rings is 1. The minimum absolute atomic E-state index is 0.213. The Bertz CT molecular complexity index is 496. The number of aryl methyl sites for hydroxylation is 1. The molecule has 0 saturated carbocycles. The molecule has 0 aliphatic rings. The molecule has 16 heavy (non-hydrogen) atoms. The SMILES string of the molecule is COCc1csc(-c2ccc(F)cc2C)n1. The molecular weight excluding hydrogens is 225 g/mol. The van der Waals surface area contributed by atoms with Crippen molar-refractivity contribution in [3.8, 4) is 10.6 Å². The molecule has 1 heterocycles. The van der Waals surface area contributed by atoms with Gasteiger partial charge in [0, 0.05) is 18.1 Å². The third-order valence-corrected chi connectivity index (χ3v) is 3.19. The van der Waals surface area contributed by atoms with Crippen LogP contribution in [0.1, 0.15) is 11.3 Å². The van der Waals surface area contributed by atoms with Gasteiger partial charge in [0.2, 0.25) is 0 Å². The Labute approximate surface area is 97.7 Å². The normalized spacial score (nSPS) is 10.7. The monoisotopic (exact) mass is 237 g/mol. The number of methoxy groups -OCH3 is 1. The van der Waals surface area contributed by atoms with E-state index in [1.807, 2.05) is 12.3 Å². The van der Waals surface area contributed by atoms with Crippen LogP contribution in [0.5, 0.6) is 0 Å². The zero-order valence-electron chi connectivity index (χ0n) is 9.16. The van der Waals surface area contributed by atoms with E-state index in [1.165, 1.54) is 12.1 Å². The predicted octanol–water partition coefficient (Wildman–Crippen LogP) is 3.40. The largest absolute Gasteiger partial charge is 0.378 e. The van der Waals surface area contributed by atoms with Crippen LogP contribution in [0.15, 0.2) is 23.6 Å². The van der Waals surface area contributed by atoms with Crippen molar-refractivity contribution in [2.75, 3.05) is 7.11 Å². The summed E-state index contributed by atoms with van der Waals surface area (Å²) in [6, 6.07) is 4.74. The van der Waals surface area contributed by atoms with Gasteiger partial charge in [-0.15, -0.1) is 11.3 Å². The second-order valence-electron chi connectivity index (χ2n) is 3.54. The number of nitrogens with zero attached hydrogens (tertiary/aromatic N) is 1. The number of hydrogen-bond acceptors (Lipinski definition) is 3. The molecule has 2 nitrogen and oxygen atoms in total. The van der Waals surface area contributed by atoms with E-state index in [1.54, 1.807) is 24.5 Å². The fraction of sp³-hybridized carbons (Fsp3) is 0.250. The highest BCUT2D eigenvalue weighted by Gasteiger charge is 2.07. The van der Waals surface area contributed by atoms with Crippen LogP contribution < -0.4 is 0 Å². The summed E-state index contributed by atoms with van der Waals surface area (Å²) in [4.78, 5) is 4.43. The highest BCUT2D eigenvalue weighted by Crippen LogP contribution is 2.27. The van der Waals surface area contributed by atoms with Gasteiger partial charge in [0.25, 0.3) is 0 Å². The third-order valence-electron chi connectivity index (χ3n) is 2.26. The maximum atomic E-state index is 13.0. The van der Waals surface area contributed by atoms with Crippen LogP contribution in [-0.2, 0) is 11.3 Å². The molecule has 0 atom stereocenters. The molecule has 1 aromatic carbocycles. The van der Waals surface area contributed by atoms with Gasteiger partial charge in [-0.05, 0) is 30.7 Å². The summed E-state index contributed by atoms with van der Waals surface area (Å²) in [5.74, 6) is -0.213. The average Bonchev–Trinajstić information content (AvgIpc) is 2.67. The van der Waals surface area contributed by atoms with E-state index in [2.05, 4.69) is 4.98 Å². The van der Waals surface area contributed by atoms with E-state index < -0.39 is 0 Å². The van der Waals surface area contributed by atoms with Crippen molar-refractivity contribution in [2.24, 2.45) is 0 Å². The molecule has 2 rings (SSSR count). The Hall–Kier alpha value is -1.26. The minimum Gasteiger partial charge on any atom is -0.378 e. The van der Waals surface area contributed by atoms with Gasteiger partial charge in [0.1, 0.15) is 10.8 Å². The van der Waals surface area contributed by atoms with Crippen LogP contribution in [0.25, 0.3) is 10.6 Å². The first-order chi connectivity index (χ1) is 7.70. The summed E-state index contributed by atoms with van der Waals surface area (Å²) in [5, 5.41) is 2.87. The van der Waals surface area contributed by atoms with Crippen molar-refractivity contribution >= 4 is 11.3 Å². The minimum atomic E-state index is -0.213. The lowest BCUT2D eigenvalue weighted by Gasteiger charge is -2.01. The van der Waals surface area contributed by atoms with Gasteiger partial charge in [-0.25, -0.2) is 9.37 Å². The van der Waals surface area contributed by atoms with E-state index >= 15 is 0 Å². The molecule has 2 aromatic rings. The summed E-state index contributed by atoms with van der Waals surface area (Å²) < 4.78 is 18.0. The molecule has 0 bridgehead atoms. The molecule has 0 radical (unpaired) electrons. The first-order valence-corrected chi connectivity index (χ1v) is 5.78. The quantitative estimate of drug-likeness (QED) is 0.816. The first-order valence-electron chi connectivity index (χ1n) is 4.90. The summed E-state index contributed by atoms with van der Waals surface area (Å²) in [6.45, 7) is 2.40. The number of hydrogen-bond donors (Lipinski definition) is 0. The maximum Gasteiger partial charge on any atom is 0.123 e. The molecule has 0 aliphatic carbocycles. The van der Waals surface area contributed by atoms with Crippen molar-refractivity contribution in [3.63, 3.8) is 0 Å². The zero-order chi connectivity index (χ0) is 11.5. The molecule has 0 aliphatic heterocycles. The highest BCUT2D eigenvalue weighted by molar-refractivity contribution is 7.13. The van der Waals surface area contributed by atoms with Gasteiger partial charge in [-0.3, -0.25) is 0 Å². The van der Waals surface area contributed by atoms with E-state index in [4.69, 9.17) is 4.74 Å². The number of thiazole rings is 1. The van der Waals surface area contributed by atoms with Crippen LogP contribution in [-0.4, -0.2) is 12.1 Å². The molecule has 4 heteroatoms. The van der Waals surface area contributed by atoms with E-state index in [9.17, 15) is 4.39 Å². The van der Waals surface area contributed by atoms with Gasteiger partial charge in [0.15, 0.2) is 0 Å². The second kappa shape index (κ2) is 4.72. The Balaban J connectivity index is 2.35. The lowest BCUT2D eigenvalue weighted by molar-refractivity contribution is 0.182. The zero-order valence-corrected chi connectivity index (χ0v) is 9.97. The number of ether oxygens (including phenoxy) is 1. The molecule has 84 valence electrons. The smallest absolute Gasteiger partial charge is 0.123 e. The molecular formula is C12H12FNOS. The molecule has 0 unspecified atom stereocenters. The first kappa shape index (κ1) is 11.2. The molecule has 0 N–H and O–H groups in total. The fourth-order valence-corrected chi connectivity index (χ4v) is 2.41. The summed E-state index contributed by atoms with van der Waals surface area (Å²) in [7, 11) is 1.64. The lowest BCUT2D eigenvalue weighted by Crippen LogP contribution is -1.88. The van der Waals surface area contributed by atoms with Crippen LogP contribution in [0.3, 0.4) is 0 Å². The highest BCUT2D eigenvalue weighted by atomic mass is 32.1. The van der Waals surface area contributed by atoms with Crippen LogP contribution in [0.2, 0.25) is 0 Å². The summed E-state index contributed by atoms with van der Waals surface area (Å²) >= 11 is 1.55. The number of aromatic nitrogens is 1. The second-order valence-corrected chi connectivity index (χ2v) is 4.39. The van der Waals surface area contributed by atoms with Crippen molar-refractivity contribution in [1.82, 2.24) is 4.98 Å². The van der Waals surface area contributed by atoms with Crippen molar-refractivity contribution < 1.29 is 9.13 Å². The fourth-order valence-electron chi connectivity index (χ4n) is 1.51. The van der Waals surface area contributed by atoms with Crippen LogP contribution >= 0.6 is 11.3 Å². The Morgan fingerprint density at radius 3 is 2.94 bits per heavy atom. The third kappa shape index (κ3) is 2.28. The van der Waals surface area contributed by atoms with E-state index in [-0.39, 0.29) is 5.82 Å². The number of halogens is 1. The lowest BCUT2D eigenvalue weighted by atomic mass is 10.1. The standard InChI is InChI=1S/C12H12FNOS/c1-8-5-9(13)3-4-11(8)12-14-10(6-15-2)7-16-12/h3-5,7H,6H2,1-2H3. The molecule has 0 fully saturated rings. The number of rotatable bonds is 3. The molecule has 0 spiro atoms. The maximum absolute atomic E-state index is 13.0. The molecule has 1 aromatic heterocycles. The summed E-state index contributed by atoms with van der Waals surface area (Å²) in [6.07, 6.45) is 0. The van der Waals surface area contributed by atoms with Gasteiger partial charge in [-0.2, -0.15) is 0 Å². The van der Waals surface area contributed by atoms with Gasteiger partial charge >= 0.3 is 0 Å². The topological polar surface area (TPSA) is 22.1 Å². The van der Waals surface area contributed by atoms with Crippen molar-refractivity contribution in [2.45, 2.75) is 13.5 Å². The van der Waals surface area contributed by atoms with Gasteiger partial charge in [-0.1, -0.05) is 0 Å². The van der Waals surface area contributed by atoms with Crippen LogP contribution in [0.4, 0.5) is 4.39 Å². The molecule has 0 amide bonds. The van der Waals surface area contributed by atoms with Crippen LogP contribution in [0, 0.1) is 12.7 Å². The van der Waals surface area contributed by atoms with E-state index in [0.717, 1.165) is 21.8 Å².